The van der Waals surface area contributed by atoms with Gasteiger partial charge in [0.2, 0.25) is 0 Å². The zero-order valence-corrected chi connectivity index (χ0v) is 17.7. The monoisotopic (exact) mass is 438 g/mol. The Labute approximate surface area is 172 Å². The summed E-state index contributed by atoms with van der Waals surface area (Å²) in [5.74, 6) is 0.655. The van der Waals surface area contributed by atoms with Crippen molar-refractivity contribution >= 4 is 38.7 Å². The first-order valence-electron chi connectivity index (χ1n) is 9.68. The van der Waals surface area contributed by atoms with Gasteiger partial charge in [-0.3, -0.25) is 4.79 Å². The molecule has 1 saturated heterocycles. The van der Waals surface area contributed by atoms with Crippen LogP contribution in [0.2, 0.25) is 0 Å². The number of benzene rings is 2. The Bertz CT molecular complexity index is 1110. The van der Waals surface area contributed by atoms with Crippen LogP contribution in [0.4, 0.5) is 5.69 Å². The molecule has 1 aliphatic rings. The van der Waals surface area contributed by atoms with E-state index in [2.05, 4.69) is 56.0 Å². The van der Waals surface area contributed by atoms with Crippen LogP contribution in [0.3, 0.4) is 0 Å². The fourth-order valence-corrected chi connectivity index (χ4v) is 4.00. The van der Waals surface area contributed by atoms with E-state index in [1.807, 2.05) is 19.1 Å². The normalized spacial score (nSPS) is 14.5. The fraction of sp³-hybridized carbons (Fsp3) is 0.318. The van der Waals surface area contributed by atoms with Crippen LogP contribution < -0.4 is 10.5 Å². The lowest BCUT2D eigenvalue weighted by molar-refractivity contribution is 0.734. The molecule has 0 bridgehead atoms. The zero-order valence-electron chi connectivity index (χ0n) is 16.2. The Kier molecular flexibility index (Phi) is 5.31. The second kappa shape index (κ2) is 7.87. The number of aryl methyl sites for hydroxylation is 2. The van der Waals surface area contributed by atoms with E-state index in [9.17, 15) is 4.79 Å². The molecule has 6 heteroatoms. The molecule has 1 aromatic heterocycles. The van der Waals surface area contributed by atoms with Crippen LogP contribution >= 0.6 is 15.9 Å². The lowest BCUT2D eigenvalue weighted by Crippen LogP contribution is -2.22. The lowest BCUT2D eigenvalue weighted by atomic mass is 10.1. The topological polar surface area (TPSA) is 50.5 Å². The molecule has 0 N–H and O–H groups in total. The Morgan fingerprint density at radius 3 is 2.68 bits per heavy atom. The molecule has 0 spiro atoms. The Morgan fingerprint density at radius 1 is 1.18 bits per heavy atom. The van der Waals surface area contributed by atoms with E-state index in [-0.39, 0.29) is 5.56 Å². The number of nitrogens with zero attached hydrogens (tertiary/aromatic N) is 4. The van der Waals surface area contributed by atoms with E-state index in [1.54, 1.807) is 12.3 Å². The minimum Gasteiger partial charge on any atom is -0.372 e. The van der Waals surface area contributed by atoms with Crippen molar-refractivity contribution in [2.75, 3.05) is 18.0 Å². The minimum absolute atomic E-state index is 0.147. The third-order valence-corrected chi connectivity index (χ3v) is 5.72. The highest BCUT2D eigenvalue weighted by Gasteiger charge is 2.13. The summed E-state index contributed by atoms with van der Waals surface area (Å²) in [6.45, 7) is 6.32. The highest BCUT2D eigenvalue weighted by atomic mass is 79.9. The molecular formula is C22H23BrN4O. The first-order chi connectivity index (χ1) is 13.6. The van der Waals surface area contributed by atoms with Crippen molar-refractivity contribution in [2.24, 2.45) is 5.10 Å². The van der Waals surface area contributed by atoms with E-state index in [0.717, 1.165) is 28.7 Å². The van der Waals surface area contributed by atoms with Gasteiger partial charge in [-0.1, -0.05) is 28.9 Å². The Morgan fingerprint density at radius 2 is 1.96 bits per heavy atom. The van der Waals surface area contributed by atoms with Gasteiger partial charge in [0.1, 0.15) is 5.82 Å². The van der Waals surface area contributed by atoms with Gasteiger partial charge in [0.25, 0.3) is 5.56 Å². The van der Waals surface area contributed by atoms with Crippen molar-refractivity contribution in [2.45, 2.75) is 33.1 Å². The minimum atomic E-state index is -0.147. The fourth-order valence-electron chi connectivity index (χ4n) is 3.64. The number of hydrogen-bond acceptors (Lipinski definition) is 4. The molecule has 0 saturated carbocycles. The second-order valence-corrected chi connectivity index (χ2v) is 8.06. The van der Waals surface area contributed by atoms with E-state index < -0.39 is 0 Å². The number of anilines is 1. The van der Waals surface area contributed by atoms with Gasteiger partial charge >= 0.3 is 0 Å². The highest BCUT2D eigenvalue weighted by molar-refractivity contribution is 9.10. The molecule has 0 unspecified atom stereocenters. The van der Waals surface area contributed by atoms with Crippen molar-refractivity contribution in [1.82, 2.24) is 9.66 Å². The van der Waals surface area contributed by atoms with Crippen molar-refractivity contribution < 1.29 is 0 Å². The molecule has 0 radical (unpaired) electrons. The number of rotatable bonds is 4. The molecule has 0 atom stereocenters. The van der Waals surface area contributed by atoms with Gasteiger partial charge < -0.3 is 4.90 Å². The summed E-state index contributed by atoms with van der Waals surface area (Å²) in [5, 5.41) is 5.06. The Balaban J connectivity index is 1.72. The van der Waals surface area contributed by atoms with Crippen LogP contribution in [0.25, 0.3) is 10.9 Å². The molecule has 1 fully saturated rings. The van der Waals surface area contributed by atoms with E-state index in [0.29, 0.717) is 23.1 Å². The average Bonchev–Trinajstić information content (AvgIpc) is 3.23. The van der Waals surface area contributed by atoms with Crippen LogP contribution in [0.1, 0.15) is 36.7 Å². The SMILES string of the molecule is CCc1nc2ccc(Br)cc2c(=O)n1N=Cc1ccc(N2CCCC2)cc1C. The van der Waals surface area contributed by atoms with Crippen LogP contribution in [-0.4, -0.2) is 29.0 Å². The van der Waals surface area contributed by atoms with Crippen LogP contribution in [0, 0.1) is 6.92 Å². The Hall–Kier alpha value is -2.47. The maximum atomic E-state index is 13.0. The predicted molar refractivity (Wildman–Crippen MR) is 119 cm³/mol. The van der Waals surface area contributed by atoms with E-state index in [4.69, 9.17) is 0 Å². The lowest BCUT2D eigenvalue weighted by Gasteiger charge is -2.18. The van der Waals surface area contributed by atoms with Crippen LogP contribution in [-0.2, 0) is 6.42 Å². The van der Waals surface area contributed by atoms with Crippen molar-refractivity contribution in [3.05, 3.63) is 68.2 Å². The summed E-state index contributed by atoms with van der Waals surface area (Å²) >= 11 is 3.43. The zero-order chi connectivity index (χ0) is 19.7. The van der Waals surface area contributed by atoms with Gasteiger partial charge in [0.05, 0.1) is 17.1 Å². The molecule has 3 aromatic rings. The maximum Gasteiger partial charge on any atom is 0.282 e. The average molecular weight is 439 g/mol. The first kappa shape index (κ1) is 18.9. The predicted octanol–water partition coefficient (Wildman–Crippen LogP) is 4.51. The molecule has 5 nitrogen and oxygen atoms in total. The van der Waals surface area contributed by atoms with Gasteiger partial charge in [-0.2, -0.15) is 9.78 Å². The van der Waals surface area contributed by atoms with Crippen LogP contribution in [0.5, 0.6) is 0 Å². The van der Waals surface area contributed by atoms with Gasteiger partial charge in [-0.15, -0.1) is 0 Å². The smallest absolute Gasteiger partial charge is 0.282 e. The standard InChI is InChI=1S/C22H23BrN4O/c1-3-21-25-20-9-7-17(23)13-19(20)22(28)27(21)24-14-16-6-8-18(12-15(16)2)26-10-4-5-11-26/h6-9,12-14H,3-5,10-11H2,1-2H3. The molecule has 2 aromatic carbocycles. The molecule has 4 rings (SSSR count). The van der Waals surface area contributed by atoms with Crippen molar-refractivity contribution in [3.63, 3.8) is 0 Å². The van der Waals surface area contributed by atoms with Crippen LogP contribution in [0.15, 0.2) is 50.8 Å². The third-order valence-electron chi connectivity index (χ3n) is 5.23. The molecule has 2 heterocycles. The number of halogens is 1. The summed E-state index contributed by atoms with van der Waals surface area (Å²) in [6.07, 6.45) is 4.91. The van der Waals surface area contributed by atoms with Gasteiger partial charge in [0, 0.05) is 29.7 Å². The molecular weight excluding hydrogens is 416 g/mol. The van der Waals surface area contributed by atoms with Gasteiger partial charge in [-0.05, 0) is 61.2 Å². The van der Waals surface area contributed by atoms with Gasteiger partial charge in [0.15, 0.2) is 0 Å². The second-order valence-electron chi connectivity index (χ2n) is 7.14. The van der Waals surface area contributed by atoms with Crippen molar-refractivity contribution in [1.29, 1.82) is 0 Å². The summed E-state index contributed by atoms with van der Waals surface area (Å²) in [7, 11) is 0. The van der Waals surface area contributed by atoms with Gasteiger partial charge in [-0.25, -0.2) is 4.98 Å². The summed E-state index contributed by atoms with van der Waals surface area (Å²) in [4.78, 5) is 20.0. The highest BCUT2D eigenvalue weighted by Crippen LogP contribution is 2.22. The molecule has 1 aliphatic heterocycles. The summed E-state index contributed by atoms with van der Waals surface area (Å²) < 4.78 is 2.27. The number of hydrogen-bond donors (Lipinski definition) is 0. The molecule has 28 heavy (non-hydrogen) atoms. The van der Waals surface area contributed by atoms with E-state index >= 15 is 0 Å². The molecule has 0 amide bonds. The van der Waals surface area contributed by atoms with Crippen molar-refractivity contribution in [3.8, 4) is 0 Å². The molecule has 0 aliphatic carbocycles. The quantitative estimate of drug-likeness (QED) is 0.562. The summed E-state index contributed by atoms with van der Waals surface area (Å²) in [5.41, 5.74) is 3.96. The molecule has 144 valence electrons. The largest absolute Gasteiger partial charge is 0.372 e. The summed E-state index contributed by atoms with van der Waals surface area (Å²) in [6, 6.07) is 12.0. The number of aromatic nitrogens is 2. The maximum absolute atomic E-state index is 13.0. The third kappa shape index (κ3) is 3.61. The first-order valence-corrected chi connectivity index (χ1v) is 10.5. The number of fused-ring (bicyclic) bond motifs is 1. The van der Waals surface area contributed by atoms with E-state index in [1.165, 1.54) is 23.2 Å².